The van der Waals surface area contributed by atoms with Crippen molar-refractivity contribution < 1.29 is 19.5 Å². The number of rotatable bonds is 8. The highest BCUT2D eigenvalue weighted by atomic mass is 16.4. The van der Waals surface area contributed by atoms with E-state index in [1.165, 1.54) is 13.8 Å². The van der Waals surface area contributed by atoms with E-state index in [0.717, 1.165) is 12.0 Å². The maximum absolute atomic E-state index is 12.1. The van der Waals surface area contributed by atoms with Gasteiger partial charge in [-0.25, -0.2) is 0 Å². The van der Waals surface area contributed by atoms with Crippen LogP contribution in [0.1, 0.15) is 56.5 Å². The predicted octanol–water partition coefficient (Wildman–Crippen LogP) is 2.33. The smallest absolute Gasteiger partial charge is 0.309 e. The lowest BCUT2D eigenvalue weighted by Gasteiger charge is -2.18. The van der Waals surface area contributed by atoms with Crippen LogP contribution in [0.3, 0.4) is 0 Å². The van der Waals surface area contributed by atoms with Gasteiger partial charge < -0.3 is 15.7 Å². The van der Waals surface area contributed by atoms with Crippen LogP contribution in [-0.2, 0) is 16.1 Å². The Hall–Kier alpha value is -2.37. The highest BCUT2D eigenvalue weighted by Gasteiger charge is 2.29. The normalized spacial score (nSPS) is 12.3. The summed E-state index contributed by atoms with van der Waals surface area (Å²) in [5.41, 5.74) is 0.212. The van der Waals surface area contributed by atoms with Gasteiger partial charge >= 0.3 is 5.97 Å². The molecule has 0 spiro atoms. The fourth-order valence-electron chi connectivity index (χ4n) is 1.97. The van der Waals surface area contributed by atoms with E-state index in [1.807, 2.05) is 19.9 Å². The van der Waals surface area contributed by atoms with Crippen molar-refractivity contribution in [2.45, 2.75) is 53.1 Å². The number of carboxylic acids is 1. The van der Waals surface area contributed by atoms with Crippen molar-refractivity contribution in [2.24, 2.45) is 5.41 Å². The lowest BCUT2D eigenvalue weighted by atomic mass is 9.89. The third-order valence-electron chi connectivity index (χ3n) is 3.85. The molecule has 6 heteroatoms. The van der Waals surface area contributed by atoms with Crippen molar-refractivity contribution in [3.8, 4) is 0 Å². The van der Waals surface area contributed by atoms with Crippen LogP contribution < -0.4 is 10.6 Å². The number of amides is 2. The molecule has 6 nitrogen and oxygen atoms in total. The van der Waals surface area contributed by atoms with Crippen molar-refractivity contribution in [2.75, 3.05) is 0 Å². The topological polar surface area (TPSA) is 95.5 Å². The van der Waals surface area contributed by atoms with Gasteiger partial charge in [0.2, 0.25) is 5.91 Å². The van der Waals surface area contributed by atoms with Crippen molar-refractivity contribution in [3.05, 3.63) is 35.4 Å². The Morgan fingerprint density at radius 1 is 1.25 bits per heavy atom. The number of aliphatic carboxylic acids is 1. The monoisotopic (exact) mass is 334 g/mol. The Kier molecular flexibility index (Phi) is 6.95. The summed E-state index contributed by atoms with van der Waals surface area (Å²) >= 11 is 0. The van der Waals surface area contributed by atoms with E-state index in [9.17, 15) is 14.4 Å². The fraction of sp³-hybridized carbons (Fsp3) is 0.500. The molecule has 0 saturated heterocycles. The molecule has 0 saturated carbocycles. The molecule has 0 heterocycles. The summed E-state index contributed by atoms with van der Waals surface area (Å²) in [5.74, 6) is -1.50. The standard InChI is InChI=1S/C18H26N2O4/c1-5-12(2)20-16(22)14-8-6-7-13(9-14)11-19-15(21)10-18(3,4)17(23)24/h6-9,12H,5,10-11H2,1-4H3,(H,19,21)(H,20,22)(H,23,24). The van der Waals surface area contributed by atoms with Crippen molar-refractivity contribution in [1.29, 1.82) is 0 Å². The minimum absolute atomic E-state index is 0.0964. The maximum atomic E-state index is 12.1. The molecule has 1 aromatic rings. The lowest BCUT2D eigenvalue weighted by molar-refractivity contribution is -0.149. The summed E-state index contributed by atoms with van der Waals surface area (Å²) in [6, 6.07) is 7.10. The van der Waals surface area contributed by atoms with Gasteiger partial charge in [0.25, 0.3) is 5.91 Å². The van der Waals surface area contributed by atoms with E-state index in [-0.39, 0.29) is 30.8 Å². The summed E-state index contributed by atoms with van der Waals surface area (Å²) in [6.45, 7) is 7.20. The Morgan fingerprint density at radius 3 is 2.50 bits per heavy atom. The summed E-state index contributed by atoms with van der Waals surface area (Å²) in [6.07, 6.45) is 0.747. The van der Waals surface area contributed by atoms with Crippen molar-refractivity contribution >= 4 is 17.8 Å². The predicted molar refractivity (Wildman–Crippen MR) is 91.5 cm³/mol. The van der Waals surface area contributed by atoms with E-state index in [4.69, 9.17) is 5.11 Å². The molecule has 3 N–H and O–H groups in total. The Bertz CT molecular complexity index is 611. The number of hydrogen-bond donors (Lipinski definition) is 3. The van der Waals surface area contributed by atoms with Crippen molar-refractivity contribution in [3.63, 3.8) is 0 Å². The molecular formula is C18H26N2O4. The first kappa shape index (κ1) is 19.7. The number of benzene rings is 1. The lowest BCUT2D eigenvalue weighted by Crippen LogP contribution is -2.33. The molecule has 24 heavy (non-hydrogen) atoms. The van der Waals surface area contributed by atoms with E-state index < -0.39 is 11.4 Å². The molecule has 0 radical (unpaired) electrons. The highest BCUT2D eigenvalue weighted by molar-refractivity contribution is 5.94. The number of carboxylic acid groups (broad SMARTS) is 1. The molecule has 1 unspecified atom stereocenters. The summed E-state index contributed by atoms with van der Waals surface area (Å²) < 4.78 is 0. The Morgan fingerprint density at radius 2 is 1.92 bits per heavy atom. The van der Waals surface area contributed by atoms with E-state index in [2.05, 4.69) is 10.6 Å². The zero-order valence-electron chi connectivity index (χ0n) is 14.7. The van der Waals surface area contributed by atoms with Gasteiger partial charge in [-0.1, -0.05) is 19.1 Å². The highest BCUT2D eigenvalue weighted by Crippen LogP contribution is 2.20. The van der Waals surface area contributed by atoms with Gasteiger partial charge in [-0.05, 0) is 44.9 Å². The molecule has 1 rings (SSSR count). The number of hydrogen-bond acceptors (Lipinski definition) is 3. The molecule has 1 aromatic carbocycles. The molecule has 0 fully saturated rings. The van der Waals surface area contributed by atoms with E-state index in [1.54, 1.807) is 18.2 Å². The van der Waals surface area contributed by atoms with Crippen LogP contribution >= 0.6 is 0 Å². The molecule has 2 amide bonds. The average Bonchev–Trinajstić information content (AvgIpc) is 2.52. The molecule has 0 aliphatic rings. The quantitative estimate of drug-likeness (QED) is 0.680. The maximum Gasteiger partial charge on any atom is 0.309 e. The van der Waals surface area contributed by atoms with Gasteiger partial charge in [-0.3, -0.25) is 14.4 Å². The first-order valence-corrected chi connectivity index (χ1v) is 8.05. The van der Waals surface area contributed by atoms with Gasteiger partial charge in [-0.15, -0.1) is 0 Å². The Labute approximate surface area is 142 Å². The van der Waals surface area contributed by atoms with Gasteiger partial charge in [0, 0.05) is 24.6 Å². The van der Waals surface area contributed by atoms with Crippen LogP contribution in [0.2, 0.25) is 0 Å². The molecular weight excluding hydrogens is 308 g/mol. The molecule has 132 valence electrons. The molecule has 0 bridgehead atoms. The summed E-state index contributed by atoms with van der Waals surface area (Å²) in [4.78, 5) is 35.0. The first-order valence-electron chi connectivity index (χ1n) is 8.05. The second-order valence-electron chi connectivity index (χ2n) is 6.63. The van der Waals surface area contributed by atoms with Crippen LogP contribution in [0, 0.1) is 5.41 Å². The average molecular weight is 334 g/mol. The largest absolute Gasteiger partial charge is 0.481 e. The summed E-state index contributed by atoms with van der Waals surface area (Å²) in [5, 5.41) is 14.6. The molecule has 1 atom stereocenters. The van der Waals surface area contributed by atoms with Gasteiger partial charge in [0.05, 0.1) is 5.41 Å². The van der Waals surface area contributed by atoms with Crippen LogP contribution in [-0.4, -0.2) is 28.9 Å². The Balaban J connectivity index is 2.63. The van der Waals surface area contributed by atoms with Crippen LogP contribution in [0.5, 0.6) is 0 Å². The van der Waals surface area contributed by atoms with E-state index in [0.29, 0.717) is 5.56 Å². The van der Waals surface area contributed by atoms with Gasteiger partial charge in [-0.2, -0.15) is 0 Å². The van der Waals surface area contributed by atoms with Gasteiger partial charge in [0.1, 0.15) is 0 Å². The molecule has 0 aromatic heterocycles. The molecule has 0 aliphatic heterocycles. The number of carbonyl (C=O) groups excluding carboxylic acids is 2. The number of nitrogens with one attached hydrogen (secondary N) is 2. The second kappa shape index (κ2) is 8.47. The van der Waals surface area contributed by atoms with Crippen LogP contribution in [0.25, 0.3) is 0 Å². The minimum atomic E-state index is -1.11. The minimum Gasteiger partial charge on any atom is -0.481 e. The van der Waals surface area contributed by atoms with Gasteiger partial charge in [0.15, 0.2) is 0 Å². The fourth-order valence-corrected chi connectivity index (χ4v) is 1.97. The zero-order valence-corrected chi connectivity index (χ0v) is 14.7. The zero-order chi connectivity index (χ0) is 18.3. The third kappa shape index (κ3) is 6.02. The van der Waals surface area contributed by atoms with Crippen LogP contribution in [0.15, 0.2) is 24.3 Å². The third-order valence-corrected chi connectivity index (χ3v) is 3.85. The molecule has 0 aliphatic carbocycles. The number of carbonyl (C=O) groups is 3. The first-order chi connectivity index (χ1) is 11.2. The second-order valence-corrected chi connectivity index (χ2v) is 6.63. The van der Waals surface area contributed by atoms with Crippen molar-refractivity contribution in [1.82, 2.24) is 10.6 Å². The van der Waals surface area contributed by atoms with E-state index >= 15 is 0 Å². The summed E-state index contributed by atoms with van der Waals surface area (Å²) in [7, 11) is 0. The van der Waals surface area contributed by atoms with Crippen LogP contribution in [0.4, 0.5) is 0 Å². The SMILES string of the molecule is CCC(C)NC(=O)c1cccc(CNC(=O)CC(C)(C)C(=O)O)c1.